The Bertz CT molecular complexity index is 1040. The monoisotopic (exact) mass is 547 g/mol. The van der Waals surface area contributed by atoms with Crippen LogP contribution in [-0.4, -0.2) is 16.1 Å². The zero-order valence-electron chi connectivity index (χ0n) is 22.1. The fourth-order valence-electron chi connectivity index (χ4n) is 7.07. The standard InChI is InChI=1S/C30H42Si2.Y/c1-21-9-11-23-13-14-24(28(23)19-21)16-18-27(30(31(3,4)5)32(6,7)8)26-17-15-25-12-10-22(2)20-29(25)26;/h9-15,17,19-20,24,26-27,30H,16,18H2,1-8H3;. The van der Waals surface area contributed by atoms with E-state index in [1.54, 1.807) is 11.1 Å². The van der Waals surface area contributed by atoms with Crippen molar-refractivity contribution in [3.05, 3.63) is 81.9 Å². The van der Waals surface area contributed by atoms with E-state index in [4.69, 9.17) is 0 Å². The molecular formula is C30H42Si2Y. The third kappa shape index (κ3) is 5.82. The number of benzene rings is 2. The molecule has 0 fully saturated rings. The van der Waals surface area contributed by atoms with Gasteiger partial charge in [0.15, 0.2) is 0 Å². The summed E-state index contributed by atoms with van der Waals surface area (Å²) >= 11 is 0. The third-order valence-corrected chi connectivity index (χ3v) is 17.6. The van der Waals surface area contributed by atoms with Crippen molar-refractivity contribution >= 4 is 28.3 Å². The molecule has 0 saturated carbocycles. The molecule has 0 nitrogen and oxygen atoms in total. The van der Waals surface area contributed by atoms with Gasteiger partial charge in [-0.25, -0.2) is 0 Å². The van der Waals surface area contributed by atoms with Crippen LogP contribution in [0.1, 0.15) is 58.1 Å². The Morgan fingerprint density at radius 2 is 1.24 bits per heavy atom. The summed E-state index contributed by atoms with van der Waals surface area (Å²) in [4.78, 5) is 0. The predicted octanol–water partition coefficient (Wildman–Crippen LogP) is 9.20. The number of rotatable bonds is 7. The topological polar surface area (TPSA) is 0 Å². The molecule has 3 heteroatoms. The minimum atomic E-state index is -1.34. The van der Waals surface area contributed by atoms with Crippen molar-refractivity contribution < 1.29 is 32.7 Å². The van der Waals surface area contributed by atoms with Gasteiger partial charge in [-0.05, 0) is 60.0 Å². The van der Waals surface area contributed by atoms with Crippen LogP contribution in [0.25, 0.3) is 12.2 Å². The van der Waals surface area contributed by atoms with Crippen molar-refractivity contribution in [3.63, 3.8) is 0 Å². The van der Waals surface area contributed by atoms with Crippen molar-refractivity contribution in [2.45, 2.75) is 83.0 Å². The SMILES string of the molecule is Cc1ccc2c(c1)C(CCC(C1C=Cc3ccc(C)cc31)C([Si](C)(C)C)[Si](C)(C)C)C=C2.[Y]. The van der Waals surface area contributed by atoms with Crippen LogP contribution >= 0.6 is 0 Å². The van der Waals surface area contributed by atoms with Crippen LogP contribution in [0.3, 0.4) is 0 Å². The van der Waals surface area contributed by atoms with E-state index in [0.29, 0.717) is 11.8 Å². The summed E-state index contributed by atoms with van der Waals surface area (Å²) in [5.41, 5.74) is 8.83. The number of fused-ring (bicyclic) bond motifs is 2. The van der Waals surface area contributed by atoms with Crippen LogP contribution in [0.4, 0.5) is 0 Å². The summed E-state index contributed by atoms with van der Waals surface area (Å²) in [6.07, 6.45) is 12.4. The van der Waals surface area contributed by atoms with Gasteiger partial charge in [-0.1, -0.05) is 111 Å². The van der Waals surface area contributed by atoms with E-state index in [0.717, 1.165) is 11.1 Å². The normalized spacial score (nSPS) is 20.0. The molecule has 0 N–H and O–H groups in total. The first-order valence-electron chi connectivity index (χ1n) is 12.5. The van der Waals surface area contributed by atoms with E-state index < -0.39 is 16.1 Å². The van der Waals surface area contributed by atoms with Crippen LogP contribution in [0.5, 0.6) is 0 Å². The second kappa shape index (κ2) is 10.2. The van der Waals surface area contributed by atoms with Gasteiger partial charge in [-0.15, -0.1) is 0 Å². The Balaban J connectivity index is 0.00000306. The van der Waals surface area contributed by atoms with Crippen molar-refractivity contribution in [1.82, 2.24) is 0 Å². The summed E-state index contributed by atoms with van der Waals surface area (Å²) < 4.78 is 0. The molecule has 2 aliphatic carbocycles. The fourth-order valence-corrected chi connectivity index (χ4v) is 20.8. The molecule has 0 amide bonds. The summed E-state index contributed by atoms with van der Waals surface area (Å²) in [7, 11) is -2.67. The molecule has 0 saturated heterocycles. The van der Waals surface area contributed by atoms with Crippen LogP contribution in [0, 0.1) is 19.8 Å². The largest absolute Gasteiger partial charge is 0.0764 e. The van der Waals surface area contributed by atoms with Crippen LogP contribution in [0.2, 0.25) is 44.4 Å². The molecule has 33 heavy (non-hydrogen) atoms. The van der Waals surface area contributed by atoms with E-state index in [1.807, 2.05) is 0 Å². The molecule has 0 bridgehead atoms. The van der Waals surface area contributed by atoms with Gasteiger partial charge in [-0.3, -0.25) is 0 Å². The quantitative estimate of drug-likeness (QED) is 0.303. The molecule has 4 rings (SSSR count). The molecule has 2 aliphatic rings. The number of hydrogen-bond donors (Lipinski definition) is 0. The Morgan fingerprint density at radius 1 is 0.727 bits per heavy atom. The number of hydrogen-bond acceptors (Lipinski definition) is 0. The van der Waals surface area contributed by atoms with Crippen LogP contribution < -0.4 is 0 Å². The Labute approximate surface area is 230 Å². The fraction of sp³-hybridized carbons (Fsp3) is 0.467. The van der Waals surface area contributed by atoms with Crippen molar-refractivity contribution in [3.8, 4) is 0 Å². The molecule has 2 aromatic carbocycles. The molecule has 0 spiro atoms. The van der Waals surface area contributed by atoms with Gasteiger partial charge >= 0.3 is 0 Å². The van der Waals surface area contributed by atoms with E-state index in [9.17, 15) is 0 Å². The molecule has 3 unspecified atom stereocenters. The second-order valence-corrected chi connectivity index (χ2v) is 23.9. The van der Waals surface area contributed by atoms with E-state index >= 15 is 0 Å². The minimum Gasteiger partial charge on any atom is -0.0764 e. The first-order valence-corrected chi connectivity index (χ1v) is 19.7. The summed E-state index contributed by atoms with van der Waals surface area (Å²) in [6.45, 7) is 20.3. The summed E-state index contributed by atoms with van der Waals surface area (Å²) in [5, 5.41) is 0.901. The molecular weight excluding hydrogens is 505 g/mol. The Hall–Kier alpha value is -0.542. The first-order chi connectivity index (χ1) is 14.9. The van der Waals surface area contributed by atoms with Gasteiger partial charge in [0.2, 0.25) is 0 Å². The molecule has 2 aromatic rings. The molecule has 0 heterocycles. The molecule has 1 radical (unpaired) electrons. The van der Waals surface area contributed by atoms with Crippen LogP contribution in [0.15, 0.2) is 48.6 Å². The maximum atomic E-state index is 2.63. The third-order valence-electron chi connectivity index (χ3n) is 7.80. The zero-order valence-corrected chi connectivity index (χ0v) is 26.9. The van der Waals surface area contributed by atoms with Gasteiger partial charge in [0.25, 0.3) is 0 Å². The predicted molar refractivity (Wildman–Crippen MR) is 149 cm³/mol. The summed E-state index contributed by atoms with van der Waals surface area (Å²) in [6, 6.07) is 14.1. The van der Waals surface area contributed by atoms with Gasteiger partial charge < -0.3 is 0 Å². The van der Waals surface area contributed by atoms with E-state index in [1.165, 1.54) is 35.1 Å². The number of aryl methyl sites for hydroxylation is 2. The minimum absolute atomic E-state index is 0. The molecule has 0 aliphatic heterocycles. The summed E-state index contributed by atoms with van der Waals surface area (Å²) in [5.74, 6) is 1.91. The smallest absolute Gasteiger partial charge is 0.0450 e. The maximum absolute atomic E-state index is 2.63. The van der Waals surface area contributed by atoms with Crippen molar-refractivity contribution in [2.24, 2.45) is 5.92 Å². The van der Waals surface area contributed by atoms with Crippen LogP contribution in [-0.2, 0) is 32.7 Å². The Morgan fingerprint density at radius 3 is 1.82 bits per heavy atom. The van der Waals surface area contributed by atoms with Gasteiger partial charge in [0.05, 0.1) is 0 Å². The molecule has 3 atom stereocenters. The molecule has 0 aromatic heterocycles. The Kier molecular flexibility index (Phi) is 8.37. The van der Waals surface area contributed by atoms with Gasteiger partial charge in [0, 0.05) is 60.7 Å². The van der Waals surface area contributed by atoms with E-state index in [-0.39, 0.29) is 32.7 Å². The van der Waals surface area contributed by atoms with Gasteiger partial charge in [0.1, 0.15) is 0 Å². The second-order valence-electron chi connectivity index (χ2n) is 12.6. The van der Waals surface area contributed by atoms with E-state index in [2.05, 4.69) is 114 Å². The average Bonchev–Trinajstić information content (AvgIpc) is 3.26. The van der Waals surface area contributed by atoms with Crippen molar-refractivity contribution in [2.75, 3.05) is 0 Å². The number of allylic oxidation sites excluding steroid dienone is 2. The average molecular weight is 548 g/mol. The molecule has 173 valence electrons. The maximum Gasteiger partial charge on any atom is 0.0450 e. The van der Waals surface area contributed by atoms with Gasteiger partial charge in [-0.2, -0.15) is 0 Å². The first kappa shape index (κ1) is 27.1. The van der Waals surface area contributed by atoms with Crippen molar-refractivity contribution in [1.29, 1.82) is 0 Å². The zero-order chi connectivity index (χ0) is 23.3.